The van der Waals surface area contributed by atoms with Crippen molar-refractivity contribution < 1.29 is 24.2 Å². The Labute approximate surface area is 197 Å². The van der Waals surface area contributed by atoms with E-state index in [1.807, 2.05) is 24.3 Å². The number of alkyl carbamates (subject to hydrolysis) is 1. The van der Waals surface area contributed by atoms with Crippen molar-refractivity contribution in [1.82, 2.24) is 10.2 Å². The van der Waals surface area contributed by atoms with Crippen LogP contribution >= 0.6 is 11.8 Å². The normalized spacial score (nSPS) is 17.2. The molecule has 2 aliphatic rings. The Balaban J connectivity index is 1.19. The maximum Gasteiger partial charge on any atom is 0.407 e. The number of nitrogens with zero attached hydrogens (tertiary/aromatic N) is 1. The van der Waals surface area contributed by atoms with E-state index in [0.717, 1.165) is 24.0 Å². The monoisotopic (exact) mass is 468 g/mol. The van der Waals surface area contributed by atoms with Crippen LogP contribution < -0.4 is 5.32 Å². The quantitative estimate of drug-likeness (QED) is 0.573. The number of likely N-dealkylation sites (tertiary alicyclic amines) is 1. The van der Waals surface area contributed by atoms with Gasteiger partial charge in [0.2, 0.25) is 5.91 Å². The molecule has 0 saturated carbocycles. The summed E-state index contributed by atoms with van der Waals surface area (Å²) in [6, 6.07) is 15.6. The largest absolute Gasteiger partial charge is 0.480 e. The summed E-state index contributed by atoms with van der Waals surface area (Å²) in [5.41, 5.74) is 4.69. The predicted octanol–water partition coefficient (Wildman–Crippen LogP) is 3.72. The summed E-state index contributed by atoms with van der Waals surface area (Å²) in [5, 5.41) is 12.0. The van der Waals surface area contributed by atoms with Gasteiger partial charge in [-0.05, 0) is 41.5 Å². The minimum absolute atomic E-state index is 0.0156. The van der Waals surface area contributed by atoms with Crippen LogP contribution in [0.5, 0.6) is 0 Å². The van der Waals surface area contributed by atoms with Crippen molar-refractivity contribution in [2.75, 3.05) is 31.2 Å². The van der Waals surface area contributed by atoms with E-state index in [-0.39, 0.29) is 24.2 Å². The number of rotatable bonds is 8. The van der Waals surface area contributed by atoms with Gasteiger partial charge in [-0.2, -0.15) is 11.8 Å². The maximum atomic E-state index is 12.4. The fraction of sp³-hybridized carbons (Fsp3) is 0.400. The number of thioether (sulfide) groups is 1. The van der Waals surface area contributed by atoms with Gasteiger partial charge in [0.25, 0.3) is 0 Å². The molecule has 33 heavy (non-hydrogen) atoms. The van der Waals surface area contributed by atoms with Gasteiger partial charge in [0.1, 0.15) is 12.6 Å². The Hall–Kier alpha value is -3.00. The summed E-state index contributed by atoms with van der Waals surface area (Å²) in [4.78, 5) is 37.4. The van der Waals surface area contributed by atoms with Crippen molar-refractivity contribution in [1.29, 1.82) is 0 Å². The number of hydrogen-bond acceptors (Lipinski definition) is 5. The molecule has 7 nitrogen and oxygen atoms in total. The average molecular weight is 469 g/mol. The lowest BCUT2D eigenvalue weighted by molar-refractivity contribution is -0.150. The first kappa shape index (κ1) is 23.2. The minimum atomic E-state index is -0.940. The number of carboxylic acid groups (broad SMARTS) is 1. The van der Waals surface area contributed by atoms with E-state index < -0.39 is 18.1 Å². The first-order valence-electron chi connectivity index (χ1n) is 11.2. The van der Waals surface area contributed by atoms with Crippen LogP contribution in [0.2, 0.25) is 0 Å². The van der Waals surface area contributed by atoms with Gasteiger partial charge in [-0.3, -0.25) is 4.79 Å². The number of carboxylic acids is 1. The number of amides is 2. The number of carbonyl (C=O) groups excluding carboxylic acids is 2. The number of nitrogens with one attached hydrogen (secondary N) is 1. The van der Waals surface area contributed by atoms with Gasteiger partial charge < -0.3 is 20.1 Å². The molecule has 0 spiro atoms. The van der Waals surface area contributed by atoms with Crippen molar-refractivity contribution >= 4 is 29.7 Å². The van der Waals surface area contributed by atoms with E-state index in [9.17, 15) is 19.5 Å². The molecule has 1 saturated heterocycles. The third-order valence-corrected chi connectivity index (χ3v) is 7.14. The number of fused-ring (bicyclic) bond motifs is 3. The van der Waals surface area contributed by atoms with Crippen LogP contribution in [0.4, 0.5) is 4.79 Å². The second-order valence-corrected chi connectivity index (χ2v) is 9.35. The van der Waals surface area contributed by atoms with Gasteiger partial charge in [-0.25, -0.2) is 9.59 Å². The van der Waals surface area contributed by atoms with E-state index >= 15 is 0 Å². The molecule has 8 heteroatoms. The molecule has 1 fully saturated rings. The number of piperidine rings is 1. The van der Waals surface area contributed by atoms with E-state index in [1.165, 1.54) is 27.8 Å². The molecule has 0 bridgehead atoms. The first-order chi connectivity index (χ1) is 16.1. The second kappa shape index (κ2) is 10.7. The molecule has 1 unspecified atom stereocenters. The molecular formula is C25H28N2O5S. The molecule has 4 rings (SSSR count). The molecule has 0 radical (unpaired) electrons. The molecule has 0 aromatic heterocycles. The molecule has 1 atom stereocenters. The molecular weight excluding hydrogens is 440 g/mol. The van der Waals surface area contributed by atoms with Crippen molar-refractivity contribution in [3.8, 4) is 11.1 Å². The van der Waals surface area contributed by atoms with Gasteiger partial charge in [0.05, 0.1) is 5.75 Å². The molecule has 2 aromatic carbocycles. The molecule has 1 aliphatic heterocycles. The molecule has 174 valence electrons. The molecule has 2 amide bonds. The van der Waals surface area contributed by atoms with E-state index in [0.29, 0.717) is 25.3 Å². The Morgan fingerprint density at radius 2 is 1.70 bits per heavy atom. The van der Waals surface area contributed by atoms with Crippen molar-refractivity contribution in [3.63, 3.8) is 0 Å². The SMILES string of the molecule is O=C(NCCSCC(=O)N1CCCCC1C(=O)O)OCC1c2ccccc2-c2ccccc21. The van der Waals surface area contributed by atoms with Crippen molar-refractivity contribution in [2.45, 2.75) is 31.2 Å². The van der Waals surface area contributed by atoms with Crippen molar-refractivity contribution in [3.05, 3.63) is 59.7 Å². The smallest absolute Gasteiger partial charge is 0.407 e. The Kier molecular flexibility index (Phi) is 7.54. The zero-order valence-electron chi connectivity index (χ0n) is 18.4. The third-order valence-electron chi connectivity index (χ3n) is 6.19. The lowest BCUT2D eigenvalue weighted by Gasteiger charge is -2.32. The molecule has 1 heterocycles. The number of benzene rings is 2. The Morgan fingerprint density at radius 1 is 1.03 bits per heavy atom. The predicted molar refractivity (Wildman–Crippen MR) is 127 cm³/mol. The number of aliphatic carboxylic acids is 1. The van der Waals surface area contributed by atoms with Gasteiger partial charge in [0, 0.05) is 24.8 Å². The summed E-state index contributed by atoms with van der Waals surface area (Å²) in [7, 11) is 0. The van der Waals surface area contributed by atoms with Gasteiger partial charge >= 0.3 is 12.1 Å². The summed E-state index contributed by atoms with van der Waals surface area (Å²) >= 11 is 1.38. The average Bonchev–Trinajstić information content (AvgIpc) is 3.16. The first-order valence-corrected chi connectivity index (χ1v) is 12.4. The van der Waals surface area contributed by atoms with Crippen LogP contribution in [0.15, 0.2) is 48.5 Å². The lowest BCUT2D eigenvalue weighted by Crippen LogP contribution is -2.48. The summed E-state index contributed by atoms with van der Waals surface area (Å²) in [6.45, 7) is 1.13. The van der Waals surface area contributed by atoms with Crippen LogP contribution in [0, 0.1) is 0 Å². The van der Waals surface area contributed by atoms with Gasteiger partial charge in [-0.15, -0.1) is 0 Å². The van der Waals surface area contributed by atoms with E-state index in [4.69, 9.17) is 4.74 Å². The van der Waals surface area contributed by atoms with Crippen LogP contribution in [0.1, 0.15) is 36.3 Å². The zero-order chi connectivity index (χ0) is 23.2. The lowest BCUT2D eigenvalue weighted by atomic mass is 9.98. The highest BCUT2D eigenvalue weighted by Crippen LogP contribution is 2.44. The third kappa shape index (κ3) is 5.33. The highest BCUT2D eigenvalue weighted by atomic mass is 32.2. The summed E-state index contributed by atoms with van der Waals surface area (Å²) < 4.78 is 5.50. The van der Waals surface area contributed by atoms with E-state index in [2.05, 4.69) is 29.6 Å². The highest BCUT2D eigenvalue weighted by molar-refractivity contribution is 7.99. The summed E-state index contributed by atoms with van der Waals surface area (Å²) in [6.07, 6.45) is 1.70. The minimum Gasteiger partial charge on any atom is -0.480 e. The maximum absolute atomic E-state index is 12.4. The fourth-order valence-corrected chi connectivity index (χ4v) is 5.34. The number of ether oxygens (including phenoxy) is 1. The number of hydrogen-bond donors (Lipinski definition) is 2. The zero-order valence-corrected chi connectivity index (χ0v) is 19.2. The van der Waals surface area contributed by atoms with E-state index in [1.54, 1.807) is 0 Å². The second-order valence-electron chi connectivity index (χ2n) is 8.24. The van der Waals surface area contributed by atoms with Gasteiger partial charge in [0.15, 0.2) is 0 Å². The molecule has 1 aliphatic carbocycles. The Morgan fingerprint density at radius 3 is 2.36 bits per heavy atom. The molecule has 2 N–H and O–H groups in total. The fourth-order valence-electron chi connectivity index (χ4n) is 4.60. The Bertz CT molecular complexity index is 982. The summed E-state index contributed by atoms with van der Waals surface area (Å²) in [5.74, 6) is -0.336. The topological polar surface area (TPSA) is 95.9 Å². The standard InChI is InChI=1S/C25H28N2O5S/c28-23(27-13-6-5-11-22(27)24(29)30)16-33-14-12-26-25(31)32-15-21-19-9-3-1-7-17(19)18-8-2-4-10-20(18)21/h1-4,7-10,21-22H,5-6,11-16H2,(H,26,31)(H,29,30). The van der Waals surface area contributed by atoms with Crippen LogP contribution in [-0.4, -0.2) is 65.2 Å². The van der Waals surface area contributed by atoms with Crippen LogP contribution in [0.3, 0.4) is 0 Å². The van der Waals surface area contributed by atoms with Crippen LogP contribution in [-0.2, 0) is 14.3 Å². The highest BCUT2D eigenvalue weighted by Gasteiger charge is 2.31. The number of carbonyl (C=O) groups is 3. The van der Waals surface area contributed by atoms with Crippen LogP contribution in [0.25, 0.3) is 11.1 Å². The van der Waals surface area contributed by atoms with Gasteiger partial charge in [-0.1, -0.05) is 48.5 Å². The molecule has 2 aromatic rings. The van der Waals surface area contributed by atoms with Crippen molar-refractivity contribution in [2.24, 2.45) is 0 Å².